The van der Waals surface area contributed by atoms with Gasteiger partial charge in [-0.2, -0.15) is 0 Å². The summed E-state index contributed by atoms with van der Waals surface area (Å²) < 4.78 is 18.8. The molecular formula is C28H30FNO2. The molecule has 3 aromatic carbocycles. The number of amides is 1. The third-order valence-electron chi connectivity index (χ3n) is 6.29. The van der Waals surface area contributed by atoms with E-state index in [0.717, 1.165) is 31.5 Å². The van der Waals surface area contributed by atoms with Crippen LogP contribution in [0.5, 0.6) is 0 Å². The lowest BCUT2D eigenvalue weighted by molar-refractivity contribution is -0.133. The van der Waals surface area contributed by atoms with Crippen LogP contribution in [0, 0.1) is 11.7 Å². The maximum absolute atomic E-state index is 13.2. The van der Waals surface area contributed by atoms with Crippen molar-refractivity contribution in [2.45, 2.75) is 31.8 Å². The molecule has 1 aliphatic heterocycles. The fourth-order valence-electron chi connectivity index (χ4n) is 4.38. The average molecular weight is 432 g/mol. The van der Waals surface area contributed by atoms with E-state index in [4.69, 9.17) is 4.74 Å². The fraction of sp³-hybridized carbons (Fsp3) is 0.321. The minimum atomic E-state index is -0.229. The van der Waals surface area contributed by atoms with Crippen molar-refractivity contribution in [3.8, 4) is 0 Å². The summed E-state index contributed by atoms with van der Waals surface area (Å²) in [6.07, 6.45) is 2.40. The number of carbonyl (C=O) groups is 1. The predicted octanol–water partition coefficient (Wildman–Crippen LogP) is 5.80. The Balaban J connectivity index is 1.28. The molecule has 0 radical (unpaired) electrons. The smallest absolute Gasteiger partial charge is 0.223 e. The molecule has 1 heterocycles. The lowest BCUT2D eigenvalue weighted by Gasteiger charge is -2.33. The van der Waals surface area contributed by atoms with Gasteiger partial charge in [-0.3, -0.25) is 4.79 Å². The minimum Gasteiger partial charge on any atom is -0.376 e. The molecule has 0 spiro atoms. The van der Waals surface area contributed by atoms with Crippen molar-refractivity contribution < 1.29 is 13.9 Å². The van der Waals surface area contributed by atoms with E-state index < -0.39 is 0 Å². The Morgan fingerprint density at radius 1 is 0.875 bits per heavy atom. The second-order valence-electron chi connectivity index (χ2n) is 8.54. The van der Waals surface area contributed by atoms with Crippen LogP contribution < -0.4 is 0 Å². The number of nitrogens with zero attached hydrogens (tertiary/aromatic N) is 1. The van der Waals surface area contributed by atoms with Gasteiger partial charge in [-0.15, -0.1) is 0 Å². The normalized spacial score (nSPS) is 14.6. The molecule has 1 aliphatic rings. The SMILES string of the molecule is O=C(CC(c1ccccc1)c1ccccc1)N1CCC(COCc2ccc(F)cc2)CC1. The lowest BCUT2D eigenvalue weighted by Crippen LogP contribution is -2.40. The molecule has 1 saturated heterocycles. The van der Waals surface area contributed by atoms with E-state index >= 15 is 0 Å². The number of hydrogen-bond donors (Lipinski definition) is 0. The molecule has 32 heavy (non-hydrogen) atoms. The summed E-state index contributed by atoms with van der Waals surface area (Å²) in [4.78, 5) is 15.2. The predicted molar refractivity (Wildman–Crippen MR) is 125 cm³/mol. The van der Waals surface area contributed by atoms with Crippen molar-refractivity contribution in [2.75, 3.05) is 19.7 Å². The molecule has 3 aromatic rings. The summed E-state index contributed by atoms with van der Waals surface area (Å²) in [5.74, 6) is 0.515. The zero-order valence-electron chi connectivity index (χ0n) is 18.3. The van der Waals surface area contributed by atoms with Crippen molar-refractivity contribution >= 4 is 5.91 Å². The number of carbonyl (C=O) groups excluding carboxylic acids is 1. The van der Waals surface area contributed by atoms with Crippen LogP contribution in [0.2, 0.25) is 0 Å². The maximum atomic E-state index is 13.2. The number of piperidine rings is 1. The number of benzene rings is 3. The summed E-state index contributed by atoms with van der Waals surface area (Å²) in [5, 5.41) is 0. The monoisotopic (exact) mass is 431 g/mol. The first-order valence-corrected chi connectivity index (χ1v) is 11.4. The molecular weight excluding hydrogens is 401 g/mol. The second-order valence-corrected chi connectivity index (χ2v) is 8.54. The van der Waals surface area contributed by atoms with Gasteiger partial charge in [-0.25, -0.2) is 4.39 Å². The second kappa shape index (κ2) is 11.1. The fourth-order valence-corrected chi connectivity index (χ4v) is 4.38. The van der Waals surface area contributed by atoms with E-state index in [1.165, 1.54) is 23.3 Å². The Morgan fingerprint density at radius 2 is 1.44 bits per heavy atom. The molecule has 0 bridgehead atoms. The number of likely N-dealkylation sites (tertiary alicyclic amines) is 1. The molecule has 0 unspecified atom stereocenters. The Morgan fingerprint density at radius 3 is 2.00 bits per heavy atom. The topological polar surface area (TPSA) is 29.5 Å². The van der Waals surface area contributed by atoms with E-state index in [-0.39, 0.29) is 17.6 Å². The van der Waals surface area contributed by atoms with Crippen LogP contribution in [0.4, 0.5) is 4.39 Å². The van der Waals surface area contributed by atoms with Crippen LogP contribution in [0.15, 0.2) is 84.9 Å². The van der Waals surface area contributed by atoms with Gasteiger partial charge in [0.15, 0.2) is 0 Å². The molecule has 1 amide bonds. The standard InChI is InChI=1S/C28H30FNO2/c29-26-13-11-22(12-14-26)20-32-21-23-15-17-30(18-16-23)28(31)19-27(24-7-3-1-4-8-24)25-9-5-2-6-10-25/h1-14,23,27H,15-21H2. The first kappa shape index (κ1) is 22.2. The van der Waals surface area contributed by atoms with Crippen LogP contribution in [0.25, 0.3) is 0 Å². The van der Waals surface area contributed by atoms with E-state index in [2.05, 4.69) is 24.3 Å². The zero-order chi connectivity index (χ0) is 22.2. The third-order valence-corrected chi connectivity index (χ3v) is 6.29. The summed E-state index contributed by atoms with van der Waals surface area (Å²) in [6, 6.07) is 27.0. The molecule has 0 saturated carbocycles. The van der Waals surface area contributed by atoms with Gasteiger partial charge in [-0.05, 0) is 47.6 Å². The number of hydrogen-bond acceptors (Lipinski definition) is 2. The van der Waals surface area contributed by atoms with Gasteiger partial charge < -0.3 is 9.64 Å². The van der Waals surface area contributed by atoms with Gasteiger partial charge in [0.2, 0.25) is 5.91 Å². The van der Waals surface area contributed by atoms with E-state index in [1.54, 1.807) is 12.1 Å². The van der Waals surface area contributed by atoms with Gasteiger partial charge in [-0.1, -0.05) is 72.8 Å². The van der Waals surface area contributed by atoms with Crippen molar-refractivity contribution in [3.05, 3.63) is 107 Å². The van der Waals surface area contributed by atoms with Gasteiger partial charge in [0.25, 0.3) is 0 Å². The number of halogens is 1. The number of rotatable bonds is 8. The first-order chi connectivity index (χ1) is 15.7. The quantitative estimate of drug-likeness (QED) is 0.451. The highest BCUT2D eigenvalue weighted by molar-refractivity contribution is 5.78. The lowest BCUT2D eigenvalue weighted by atomic mass is 9.87. The van der Waals surface area contributed by atoms with E-state index in [9.17, 15) is 9.18 Å². The maximum Gasteiger partial charge on any atom is 0.223 e. The Kier molecular flexibility index (Phi) is 7.68. The summed E-state index contributed by atoms with van der Waals surface area (Å²) in [5.41, 5.74) is 3.33. The molecule has 0 aliphatic carbocycles. The van der Waals surface area contributed by atoms with Crippen LogP contribution in [-0.4, -0.2) is 30.5 Å². The van der Waals surface area contributed by atoms with Gasteiger partial charge in [0, 0.05) is 32.0 Å². The van der Waals surface area contributed by atoms with Gasteiger partial charge in [0.05, 0.1) is 6.61 Å². The molecule has 1 fully saturated rings. The Labute approximate surface area is 189 Å². The van der Waals surface area contributed by atoms with Crippen LogP contribution in [-0.2, 0) is 16.1 Å². The van der Waals surface area contributed by atoms with Crippen molar-refractivity contribution in [3.63, 3.8) is 0 Å². The third kappa shape index (κ3) is 6.04. The van der Waals surface area contributed by atoms with Crippen molar-refractivity contribution in [2.24, 2.45) is 5.92 Å². The molecule has 3 nitrogen and oxygen atoms in total. The first-order valence-electron chi connectivity index (χ1n) is 11.4. The molecule has 0 atom stereocenters. The van der Waals surface area contributed by atoms with Crippen LogP contribution in [0.1, 0.15) is 41.9 Å². The van der Waals surface area contributed by atoms with E-state index in [1.807, 2.05) is 41.3 Å². The average Bonchev–Trinajstić information content (AvgIpc) is 2.85. The van der Waals surface area contributed by atoms with Crippen molar-refractivity contribution in [1.29, 1.82) is 0 Å². The molecule has 4 heteroatoms. The van der Waals surface area contributed by atoms with E-state index in [0.29, 0.717) is 25.6 Å². The zero-order valence-corrected chi connectivity index (χ0v) is 18.3. The van der Waals surface area contributed by atoms with Gasteiger partial charge >= 0.3 is 0 Å². The molecule has 0 N–H and O–H groups in total. The largest absolute Gasteiger partial charge is 0.376 e. The number of ether oxygens (including phenoxy) is 1. The highest BCUT2D eigenvalue weighted by atomic mass is 19.1. The highest BCUT2D eigenvalue weighted by Gasteiger charge is 2.26. The van der Waals surface area contributed by atoms with Gasteiger partial charge in [0.1, 0.15) is 5.82 Å². The molecule has 166 valence electrons. The Bertz CT molecular complexity index is 928. The van der Waals surface area contributed by atoms with Crippen molar-refractivity contribution in [1.82, 2.24) is 4.90 Å². The van der Waals surface area contributed by atoms with Crippen LogP contribution >= 0.6 is 0 Å². The Hall–Kier alpha value is -2.98. The summed E-state index contributed by atoms with van der Waals surface area (Å²) >= 11 is 0. The highest BCUT2D eigenvalue weighted by Crippen LogP contribution is 2.29. The summed E-state index contributed by atoms with van der Waals surface area (Å²) in [6.45, 7) is 2.73. The minimum absolute atomic E-state index is 0.0710. The van der Waals surface area contributed by atoms with Crippen LogP contribution in [0.3, 0.4) is 0 Å². The summed E-state index contributed by atoms with van der Waals surface area (Å²) in [7, 11) is 0. The molecule has 0 aromatic heterocycles. The molecule has 4 rings (SSSR count).